The van der Waals surface area contributed by atoms with E-state index in [9.17, 15) is 98.2 Å². The molecule has 4 aromatic rings. The molecule has 27 nitrogen and oxygen atoms in total. The number of aliphatic carboxylic acids is 4. The summed E-state index contributed by atoms with van der Waals surface area (Å²) in [7, 11) is -11.9. The van der Waals surface area contributed by atoms with Crippen molar-refractivity contribution in [3.63, 3.8) is 0 Å². The van der Waals surface area contributed by atoms with Gasteiger partial charge in [-0.3, -0.25) is 37.7 Å². The number of ether oxygens (including phenoxy) is 2. The summed E-state index contributed by atoms with van der Waals surface area (Å²) in [5.74, 6) is -22.0. The SMILES string of the molecule is CC(CC1C(=O)OC(=O)C1C(C(=O)O)C(C)C(=O)NCCS)c1ccccc1.CC(CC1C(=O)OC(=O)C1C)c1ccccc1.CC1=CC=C(S(=O)(=O)CCSCCNC(=O)C(C)C(C(=O)[O-])C(C(=O)[O-])C(CC(C)c2ccccc2)C(=O)[O-])CC1.Cc1ccc(S(=O)(=O)CCOS(=O)(=O)[O-])cc1.NCCS.[Na+].[Na+].[Na+].[Na+]. The standard InChI is InChI=1S/C29H39NO9S2.C20H25NO6S.C14H16O3.C9H12O6S2.C2H7NS.4Na/c1-18-9-11-22(12-10-18)41(38,39)16-15-40-14-13-30-26(31)20(3)24(28(34)35)25(29(36)37)23(27(32)33)17-19(2)21-7-5-4-6-8-21;1-11(13-6-4-3-5-7-13)10-14-16(20(26)27-19(14)25)15(18(23)24)12(2)17(22)21-8-9-28;1-9(11-6-4-3-5-7-11)8-12-10(2)13(15)17-14(12)16;1-8-2-4-9(5-3-8)16(10,11)7-6-15-17(12,13)14;3-1-2-4;;;;/h4-9,11,19-20,23-25H,10,12-17H2,1-3H3,(H,30,31)(H,32,33)(H,34,35)(H,36,37);3-7,11-12,14-16,28H,8-10H2,1-2H3,(H,21,22)(H,23,24);3-7,9-10,12H,8H2,1-2H3;2-5H,6-7H2,1H3,(H,12,13,14);4H,1-3H2;;;;/q;;;;;4*+1/p-4. The number of carboxylic acids is 4. The van der Waals surface area contributed by atoms with Crippen LogP contribution in [0.25, 0.3) is 0 Å². The maximum absolute atomic E-state index is 12.8. The quantitative estimate of drug-likeness (QED) is 0.00474. The summed E-state index contributed by atoms with van der Waals surface area (Å²) in [4.78, 5) is 121. The molecule has 0 spiro atoms. The van der Waals surface area contributed by atoms with E-state index < -0.39 is 143 Å². The summed E-state index contributed by atoms with van der Waals surface area (Å²) < 4.78 is 91.9. The molecule has 0 bridgehead atoms. The van der Waals surface area contributed by atoms with Crippen LogP contribution in [0.4, 0.5) is 0 Å². The maximum atomic E-state index is 12.8. The molecule has 0 radical (unpaired) electrons. The van der Waals surface area contributed by atoms with Crippen LogP contribution < -0.4 is 150 Å². The van der Waals surface area contributed by atoms with Crippen molar-refractivity contribution >= 4 is 127 Å². The fraction of sp³-hybridized carbons (Fsp3) is 0.486. The van der Waals surface area contributed by atoms with Crippen molar-refractivity contribution in [1.82, 2.24) is 10.6 Å². The van der Waals surface area contributed by atoms with Gasteiger partial charge >= 0.3 is 148 Å². The van der Waals surface area contributed by atoms with E-state index in [4.69, 9.17) is 10.5 Å². The van der Waals surface area contributed by atoms with Crippen molar-refractivity contribution in [3.05, 3.63) is 160 Å². The number of thiol groups is 2. The molecular weight excluding hydrogens is 1600 g/mol. The number of carboxylic acid groups (broad SMARTS) is 4. The molecule has 2 fully saturated rings. The Morgan fingerprint density at radius 2 is 1.05 bits per heavy atom. The summed E-state index contributed by atoms with van der Waals surface area (Å²) in [5.41, 5.74) is 9.85. The average Bonchev–Trinajstić information content (AvgIpc) is 1.74. The summed E-state index contributed by atoms with van der Waals surface area (Å²) in [6.45, 7) is 14.1. The normalized spacial score (nSPS) is 18.1. The fourth-order valence-electron chi connectivity index (χ4n) is 11.9. The Labute approximate surface area is 754 Å². The Kier molecular flexibility index (Phi) is 54.2. The molecule has 13 atom stereocenters. The second kappa shape index (κ2) is 55.0. The minimum atomic E-state index is -4.85. The zero-order valence-corrected chi connectivity index (χ0v) is 77.7. The van der Waals surface area contributed by atoms with Crippen molar-refractivity contribution in [2.75, 3.05) is 60.8 Å². The molecule has 13 unspecified atom stereocenters. The van der Waals surface area contributed by atoms with Gasteiger partial charge in [-0.05, 0) is 98.6 Å². The molecule has 2 amide bonds. The van der Waals surface area contributed by atoms with Gasteiger partial charge in [-0.1, -0.05) is 162 Å². The number of nitrogens with one attached hydrogen (secondary N) is 2. The molecule has 5 N–H and O–H groups in total. The molecule has 37 heteroatoms. The van der Waals surface area contributed by atoms with Gasteiger partial charge < -0.3 is 65.2 Å². The first-order valence-electron chi connectivity index (χ1n) is 34.3. The molecule has 0 saturated carbocycles. The van der Waals surface area contributed by atoms with Crippen LogP contribution in [-0.4, -0.2) is 155 Å². The van der Waals surface area contributed by atoms with Crippen molar-refractivity contribution in [3.8, 4) is 0 Å². The predicted molar refractivity (Wildman–Crippen MR) is 399 cm³/mol. The first-order valence-corrected chi connectivity index (χ1v) is 41.4. The molecule has 1 aliphatic carbocycles. The van der Waals surface area contributed by atoms with E-state index in [2.05, 4.69) is 51.7 Å². The zero-order valence-electron chi connectivity index (χ0n) is 64.7. The number of amides is 2. The van der Waals surface area contributed by atoms with Crippen LogP contribution in [0.5, 0.6) is 0 Å². The number of aryl methyl sites for hydroxylation is 1. The van der Waals surface area contributed by atoms with Gasteiger partial charge in [0.25, 0.3) is 0 Å². The van der Waals surface area contributed by atoms with E-state index in [0.717, 1.165) is 28.0 Å². The number of rotatable bonds is 35. The van der Waals surface area contributed by atoms with Gasteiger partial charge in [0.15, 0.2) is 19.7 Å². The third-order valence-electron chi connectivity index (χ3n) is 18.1. The largest absolute Gasteiger partial charge is 1.00 e. The average molecular weight is 1690 g/mol. The van der Waals surface area contributed by atoms with Gasteiger partial charge in [-0.15, -0.1) is 0 Å². The van der Waals surface area contributed by atoms with Gasteiger partial charge in [0.05, 0.1) is 52.6 Å². The number of thioether (sulfide) groups is 1. The van der Waals surface area contributed by atoms with Gasteiger partial charge in [0.1, 0.15) is 0 Å². The van der Waals surface area contributed by atoms with Crippen LogP contribution >= 0.6 is 37.0 Å². The van der Waals surface area contributed by atoms with Crippen LogP contribution in [0.15, 0.2) is 143 Å². The first kappa shape index (κ1) is 109. The van der Waals surface area contributed by atoms with Gasteiger partial charge in [-0.25, -0.2) is 25.3 Å². The fourth-order valence-corrected chi connectivity index (χ4v) is 16.2. The smallest absolute Gasteiger partial charge is 0.726 e. The van der Waals surface area contributed by atoms with Crippen molar-refractivity contribution < 1.29 is 230 Å². The van der Waals surface area contributed by atoms with E-state index in [1.54, 1.807) is 68.5 Å². The van der Waals surface area contributed by atoms with E-state index in [1.807, 2.05) is 81.4 Å². The molecular formula is C74H95N3Na4O24S6. The molecule has 7 rings (SSSR count). The number of hydrogen-bond donors (Lipinski definition) is 6. The van der Waals surface area contributed by atoms with E-state index in [-0.39, 0.29) is 196 Å². The minimum absolute atomic E-state index is 0. The van der Waals surface area contributed by atoms with Crippen LogP contribution in [0, 0.1) is 66.1 Å². The number of sulfone groups is 2. The number of carbonyl (C=O) groups is 10. The number of carbonyl (C=O) groups excluding carboxylic acids is 9. The number of esters is 4. The molecule has 0 aromatic heterocycles. The third kappa shape index (κ3) is 37.6. The molecule has 2 saturated heterocycles. The summed E-state index contributed by atoms with van der Waals surface area (Å²) in [6.07, 6.45) is 5.26. The van der Waals surface area contributed by atoms with Gasteiger partial charge in [0, 0.05) is 95.0 Å². The van der Waals surface area contributed by atoms with Crippen LogP contribution in [-0.2, 0) is 91.7 Å². The van der Waals surface area contributed by atoms with Crippen molar-refractivity contribution in [1.29, 1.82) is 0 Å². The second-order valence-corrected chi connectivity index (χ2v) is 33.4. The first-order chi connectivity index (χ1) is 50.2. The number of nitrogens with two attached hydrogens (primary N) is 1. The monoisotopic (exact) mass is 1690 g/mol. The Morgan fingerprint density at radius 3 is 1.47 bits per heavy atom. The summed E-state index contributed by atoms with van der Waals surface area (Å²) in [5, 5.41) is 51.0. The van der Waals surface area contributed by atoms with Crippen LogP contribution in [0.3, 0.4) is 0 Å². The van der Waals surface area contributed by atoms with Crippen molar-refractivity contribution in [2.45, 2.75) is 110 Å². The minimum Gasteiger partial charge on any atom is -0.726 e. The molecule has 4 aromatic carbocycles. The summed E-state index contributed by atoms with van der Waals surface area (Å²) in [6, 6.07) is 34.2. The zero-order chi connectivity index (χ0) is 80.5. The molecule has 590 valence electrons. The van der Waals surface area contributed by atoms with Gasteiger partial charge in [0.2, 0.25) is 22.2 Å². The third-order valence-corrected chi connectivity index (χ3v) is 23.9. The Hall–Kier alpha value is -3.76. The van der Waals surface area contributed by atoms with Crippen molar-refractivity contribution in [2.24, 2.45) is 64.9 Å². The van der Waals surface area contributed by atoms with Crippen LogP contribution in [0.2, 0.25) is 0 Å². The number of benzene rings is 4. The molecule has 2 heterocycles. The second-order valence-electron chi connectivity index (χ2n) is 26.0. The Balaban J connectivity index is 0. The summed E-state index contributed by atoms with van der Waals surface area (Å²) >= 11 is 9.08. The Morgan fingerprint density at radius 1 is 0.586 bits per heavy atom. The number of allylic oxidation sites excluding steroid dienone is 4. The number of cyclic esters (lactones) is 4. The molecule has 3 aliphatic rings. The van der Waals surface area contributed by atoms with E-state index in [1.165, 1.54) is 43.3 Å². The molecule has 111 heavy (non-hydrogen) atoms. The van der Waals surface area contributed by atoms with Crippen LogP contribution in [0.1, 0.15) is 121 Å². The number of hydrogen-bond acceptors (Lipinski definition) is 27. The predicted octanol–water partition coefficient (Wildman–Crippen LogP) is -7.67. The van der Waals surface area contributed by atoms with E-state index in [0.29, 0.717) is 42.2 Å². The van der Waals surface area contributed by atoms with Gasteiger partial charge in [-0.2, -0.15) is 37.0 Å². The van der Waals surface area contributed by atoms with E-state index >= 15 is 0 Å². The maximum Gasteiger partial charge on any atom is 1.00 e. The molecule has 2 aliphatic heterocycles. The Bertz CT molecular complexity index is 4060. The topological polar surface area (TPSA) is 463 Å².